The van der Waals surface area contributed by atoms with Crippen LogP contribution in [0.15, 0.2) is 18.2 Å². The van der Waals surface area contributed by atoms with Crippen LogP contribution in [0.3, 0.4) is 0 Å². The van der Waals surface area contributed by atoms with Crippen LogP contribution >= 0.6 is 11.6 Å². The second-order valence-corrected chi connectivity index (χ2v) is 3.90. The van der Waals surface area contributed by atoms with Gasteiger partial charge >= 0.3 is 5.97 Å². The maximum absolute atomic E-state index is 11.4. The molecule has 0 saturated heterocycles. The van der Waals surface area contributed by atoms with Crippen molar-refractivity contribution in [3.63, 3.8) is 0 Å². The summed E-state index contributed by atoms with van der Waals surface area (Å²) < 4.78 is 9.78. The lowest BCUT2D eigenvalue weighted by Crippen LogP contribution is -2.21. The molecule has 0 radical (unpaired) electrons. The van der Waals surface area contributed by atoms with Gasteiger partial charge in [-0.05, 0) is 18.2 Å². The van der Waals surface area contributed by atoms with Crippen LogP contribution in [0.5, 0.6) is 5.75 Å². The van der Waals surface area contributed by atoms with Crippen molar-refractivity contribution in [3.8, 4) is 5.75 Å². The number of benzene rings is 1. The van der Waals surface area contributed by atoms with Gasteiger partial charge in [0.25, 0.3) is 0 Å². The zero-order valence-electron chi connectivity index (χ0n) is 10.3. The van der Waals surface area contributed by atoms with E-state index in [1.807, 2.05) is 0 Å². The number of ether oxygens (including phenoxy) is 2. The van der Waals surface area contributed by atoms with E-state index in [4.69, 9.17) is 16.3 Å². The summed E-state index contributed by atoms with van der Waals surface area (Å²) in [4.78, 5) is 11.4. The molecule has 0 aliphatic heterocycles. The molecule has 0 aliphatic rings. The topological polar surface area (TPSA) is 67.8 Å². The number of halogens is 1. The molecule has 100 valence electrons. The molecule has 1 unspecified atom stereocenters. The number of alkyl halides is 1. The molecule has 1 atom stereocenters. The van der Waals surface area contributed by atoms with Crippen LogP contribution in [0.1, 0.15) is 10.4 Å². The minimum atomic E-state index is -0.668. The predicted octanol–water partition coefficient (Wildman–Crippen LogP) is 1.49. The van der Waals surface area contributed by atoms with Gasteiger partial charge in [-0.25, -0.2) is 4.79 Å². The Kier molecular flexibility index (Phi) is 5.74. The Bertz CT molecular complexity index is 411. The fourth-order valence-electron chi connectivity index (χ4n) is 1.37. The van der Waals surface area contributed by atoms with Crippen molar-refractivity contribution in [2.24, 2.45) is 0 Å². The molecule has 0 aromatic heterocycles. The molecule has 0 heterocycles. The Morgan fingerprint density at radius 1 is 1.50 bits per heavy atom. The Balaban J connectivity index is 2.88. The Morgan fingerprint density at radius 2 is 2.22 bits per heavy atom. The number of rotatable bonds is 6. The molecule has 1 rings (SSSR count). The van der Waals surface area contributed by atoms with E-state index in [0.717, 1.165) is 0 Å². The van der Waals surface area contributed by atoms with Crippen molar-refractivity contribution in [2.75, 3.05) is 32.0 Å². The number of anilines is 1. The van der Waals surface area contributed by atoms with Gasteiger partial charge in [-0.2, -0.15) is 0 Å². The van der Waals surface area contributed by atoms with Crippen molar-refractivity contribution < 1.29 is 19.4 Å². The average molecular weight is 274 g/mol. The van der Waals surface area contributed by atoms with Crippen molar-refractivity contribution in [2.45, 2.75) is 6.10 Å². The molecule has 0 bridgehead atoms. The van der Waals surface area contributed by atoms with E-state index in [2.05, 4.69) is 10.1 Å². The van der Waals surface area contributed by atoms with Gasteiger partial charge in [0.2, 0.25) is 0 Å². The number of carbonyl (C=O) groups is 1. The van der Waals surface area contributed by atoms with E-state index in [0.29, 0.717) is 17.0 Å². The summed E-state index contributed by atoms with van der Waals surface area (Å²) in [5.41, 5.74) is 1.01. The predicted molar refractivity (Wildman–Crippen MR) is 69.6 cm³/mol. The monoisotopic (exact) mass is 273 g/mol. The van der Waals surface area contributed by atoms with Crippen molar-refractivity contribution in [1.29, 1.82) is 0 Å². The van der Waals surface area contributed by atoms with Gasteiger partial charge < -0.3 is 19.9 Å². The smallest absolute Gasteiger partial charge is 0.337 e. The standard InChI is InChI=1S/C12H16ClNO4/c1-17-11-4-3-8(12(16)18-2)5-10(11)14-7-9(15)6-13/h3-5,9,14-15H,6-7H2,1-2H3. The molecule has 0 saturated carbocycles. The van der Waals surface area contributed by atoms with Crippen LogP contribution in [0.2, 0.25) is 0 Å². The third kappa shape index (κ3) is 3.78. The van der Waals surface area contributed by atoms with Crippen LogP contribution in [-0.4, -0.2) is 43.8 Å². The molecule has 0 amide bonds. The summed E-state index contributed by atoms with van der Waals surface area (Å²) >= 11 is 5.50. The summed E-state index contributed by atoms with van der Waals surface area (Å²) in [5.74, 6) is 0.273. The SMILES string of the molecule is COC(=O)c1ccc(OC)c(NCC(O)CCl)c1. The average Bonchev–Trinajstić information content (AvgIpc) is 2.43. The molecule has 1 aromatic rings. The number of methoxy groups -OCH3 is 2. The molecular weight excluding hydrogens is 258 g/mol. The number of aliphatic hydroxyl groups excluding tert-OH is 1. The van der Waals surface area contributed by atoms with Crippen LogP contribution in [0.4, 0.5) is 5.69 Å². The number of hydrogen-bond acceptors (Lipinski definition) is 5. The Morgan fingerprint density at radius 3 is 2.78 bits per heavy atom. The number of hydrogen-bond donors (Lipinski definition) is 2. The summed E-state index contributed by atoms with van der Waals surface area (Å²) in [5, 5.41) is 12.3. The highest BCUT2D eigenvalue weighted by Gasteiger charge is 2.11. The first-order chi connectivity index (χ1) is 8.62. The van der Waals surface area contributed by atoms with Gasteiger partial charge in [0.15, 0.2) is 0 Å². The quantitative estimate of drug-likeness (QED) is 0.607. The lowest BCUT2D eigenvalue weighted by molar-refractivity contribution is 0.0601. The third-order valence-electron chi connectivity index (χ3n) is 2.33. The third-order valence-corrected chi connectivity index (χ3v) is 2.68. The van der Waals surface area contributed by atoms with Crippen LogP contribution in [0.25, 0.3) is 0 Å². The molecule has 0 aliphatic carbocycles. The molecule has 0 fully saturated rings. The number of carbonyl (C=O) groups excluding carboxylic acids is 1. The van der Waals surface area contributed by atoms with Gasteiger partial charge in [0, 0.05) is 6.54 Å². The minimum Gasteiger partial charge on any atom is -0.495 e. The van der Waals surface area contributed by atoms with Crippen molar-refractivity contribution >= 4 is 23.3 Å². The highest BCUT2D eigenvalue weighted by atomic mass is 35.5. The first-order valence-corrected chi connectivity index (χ1v) is 5.90. The zero-order valence-corrected chi connectivity index (χ0v) is 11.0. The maximum atomic E-state index is 11.4. The molecule has 1 aromatic carbocycles. The number of esters is 1. The van der Waals surface area contributed by atoms with Gasteiger partial charge in [0.1, 0.15) is 5.75 Å². The van der Waals surface area contributed by atoms with E-state index in [9.17, 15) is 9.90 Å². The van der Waals surface area contributed by atoms with Crippen molar-refractivity contribution in [1.82, 2.24) is 0 Å². The van der Waals surface area contributed by atoms with Crippen LogP contribution in [0, 0.1) is 0 Å². The largest absolute Gasteiger partial charge is 0.495 e. The molecular formula is C12H16ClNO4. The highest BCUT2D eigenvalue weighted by Crippen LogP contribution is 2.25. The molecule has 6 heteroatoms. The van der Waals surface area contributed by atoms with E-state index in [1.54, 1.807) is 18.2 Å². The molecule has 2 N–H and O–H groups in total. The lowest BCUT2D eigenvalue weighted by atomic mass is 10.2. The second kappa shape index (κ2) is 7.08. The van der Waals surface area contributed by atoms with Gasteiger partial charge in [0.05, 0.1) is 37.5 Å². The summed E-state index contributed by atoms with van der Waals surface area (Å²) in [6, 6.07) is 4.86. The van der Waals surface area contributed by atoms with E-state index >= 15 is 0 Å². The first-order valence-electron chi connectivity index (χ1n) is 5.36. The highest BCUT2D eigenvalue weighted by molar-refractivity contribution is 6.18. The Labute approximate surface area is 111 Å². The number of aliphatic hydroxyl groups is 1. The molecule has 0 spiro atoms. The number of nitrogens with one attached hydrogen (secondary N) is 1. The molecule has 5 nitrogen and oxygen atoms in total. The van der Waals surface area contributed by atoms with Gasteiger partial charge in [-0.3, -0.25) is 0 Å². The van der Waals surface area contributed by atoms with Crippen molar-refractivity contribution in [3.05, 3.63) is 23.8 Å². The minimum absolute atomic E-state index is 0.131. The second-order valence-electron chi connectivity index (χ2n) is 3.60. The summed E-state index contributed by atoms with van der Waals surface area (Å²) in [6.07, 6.45) is -0.668. The zero-order chi connectivity index (χ0) is 13.5. The fourth-order valence-corrected chi connectivity index (χ4v) is 1.48. The summed E-state index contributed by atoms with van der Waals surface area (Å²) in [7, 11) is 2.84. The first kappa shape index (κ1) is 14.6. The van der Waals surface area contributed by atoms with E-state index < -0.39 is 12.1 Å². The van der Waals surface area contributed by atoms with Gasteiger partial charge in [-0.1, -0.05) is 0 Å². The fraction of sp³-hybridized carbons (Fsp3) is 0.417. The lowest BCUT2D eigenvalue weighted by Gasteiger charge is -2.14. The van der Waals surface area contributed by atoms with Gasteiger partial charge in [-0.15, -0.1) is 11.6 Å². The van der Waals surface area contributed by atoms with Crippen LogP contribution < -0.4 is 10.1 Å². The molecule has 18 heavy (non-hydrogen) atoms. The van der Waals surface area contributed by atoms with E-state index in [1.165, 1.54) is 14.2 Å². The summed E-state index contributed by atoms with van der Waals surface area (Å²) in [6.45, 7) is 0.268. The normalized spacial score (nSPS) is 11.8. The Hall–Kier alpha value is -1.46. The maximum Gasteiger partial charge on any atom is 0.337 e. The van der Waals surface area contributed by atoms with Crippen LogP contribution in [-0.2, 0) is 4.74 Å². The van der Waals surface area contributed by atoms with E-state index in [-0.39, 0.29) is 12.4 Å².